The molecule has 0 aromatic heterocycles. The lowest BCUT2D eigenvalue weighted by atomic mass is 9.92. The van der Waals surface area contributed by atoms with Gasteiger partial charge in [0.25, 0.3) is 0 Å². The van der Waals surface area contributed by atoms with Crippen molar-refractivity contribution in [2.75, 3.05) is 0 Å². The molecule has 0 unspecified atom stereocenters. The molecule has 0 aliphatic heterocycles. The van der Waals surface area contributed by atoms with E-state index in [1.54, 1.807) is 0 Å². The molecule has 0 saturated heterocycles. The van der Waals surface area contributed by atoms with Gasteiger partial charge in [0.1, 0.15) is 0 Å². The maximum Gasteiger partial charge on any atom is 0.0192 e. The van der Waals surface area contributed by atoms with Gasteiger partial charge in [-0.2, -0.15) is 0 Å². The largest absolute Gasteiger partial charge is 0.0616 e. The van der Waals surface area contributed by atoms with E-state index in [0.717, 1.165) is 8.95 Å². The average Bonchev–Trinajstić information content (AvgIpc) is 2.67. The summed E-state index contributed by atoms with van der Waals surface area (Å²) >= 11 is 7.20. The minimum absolute atomic E-state index is 1.07. The van der Waals surface area contributed by atoms with Gasteiger partial charge in [-0.05, 0) is 67.7 Å². The van der Waals surface area contributed by atoms with E-state index in [-0.39, 0.29) is 0 Å². The lowest BCUT2D eigenvalue weighted by Crippen LogP contribution is -1.85. The third-order valence-corrected chi connectivity index (χ3v) is 5.86. The van der Waals surface area contributed by atoms with Gasteiger partial charge in [-0.15, -0.1) is 0 Å². The summed E-state index contributed by atoms with van der Waals surface area (Å²) in [5, 5.41) is 7.84. The van der Waals surface area contributed by atoms with Crippen molar-refractivity contribution in [1.82, 2.24) is 0 Å². The highest BCUT2D eigenvalue weighted by molar-refractivity contribution is 9.11. The molecule has 0 saturated carbocycles. The third kappa shape index (κ3) is 2.56. The van der Waals surface area contributed by atoms with Crippen molar-refractivity contribution < 1.29 is 0 Å². The number of halogens is 2. The Labute approximate surface area is 168 Å². The first-order valence-corrected chi connectivity index (χ1v) is 10.1. The van der Waals surface area contributed by atoms with E-state index in [1.165, 1.54) is 43.4 Å². The van der Waals surface area contributed by atoms with Gasteiger partial charge in [-0.1, -0.05) is 92.5 Å². The highest BCUT2D eigenvalue weighted by atomic mass is 79.9. The summed E-state index contributed by atoms with van der Waals surface area (Å²) in [5.41, 5.74) is 2.42. The predicted molar refractivity (Wildman–Crippen MR) is 120 cm³/mol. The Kier molecular flexibility index (Phi) is 3.84. The van der Waals surface area contributed by atoms with Crippen LogP contribution in [0.2, 0.25) is 0 Å². The number of rotatable bonds is 1. The zero-order valence-corrected chi connectivity index (χ0v) is 17.0. The summed E-state index contributed by atoms with van der Waals surface area (Å²) < 4.78 is 2.15. The number of hydrogen-bond acceptors (Lipinski definition) is 0. The van der Waals surface area contributed by atoms with Crippen molar-refractivity contribution in [2.24, 2.45) is 0 Å². The van der Waals surface area contributed by atoms with E-state index in [1.807, 2.05) is 0 Å². The second-order valence-electron chi connectivity index (χ2n) is 6.51. The normalized spacial score (nSPS) is 11.5. The summed E-state index contributed by atoms with van der Waals surface area (Å²) in [6.07, 6.45) is 0. The molecule has 124 valence electrons. The smallest absolute Gasteiger partial charge is 0.0192 e. The molecule has 0 heterocycles. The van der Waals surface area contributed by atoms with Crippen LogP contribution in [-0.2, 0) is 0 Å². The van der Waals surface area contributed by atoms with Gasteiger partial charge in [0.15, 0.2) is 0 Å². The van der Waals surface area contributed by atoms with Crippen molar-refractivity contribution >= 4 is 64.2 Å². The van der Waals surface area contributed by atoms with Gasteiger partial charge in [-0.3, -0.25) is 0 Å². The van der Waals surface area contributed by atoms with Gasteiger partial charge < -0.3 is 0 Å². The van der Waals surface area contributed by atoms with Crippen LogP contribution in [0, 0.1) is 0 Å². The molecule has 0 amide bonds. The summed E-state index contributed by atoms with van der Waals surface area (Å²) in [4.78, 5) is 0. The molecule has 0 radical (unpaired) electrons. The summed E-state index contributed by atoms with van der Waals surface area (Å²) in [5.74, 6) is 0. The quantitative estimate of drug-likeness (QED) is 0.220. The Morgan fingerprint density at radius 2 is 0.846 bits per heavy atom. The van der Waals surface area contributed by atoms with Crippen LogP contribution >= 0.6 is 31.9 Å². The molecule has 0 fully saturated rings. The predicted octanol–water partition coefficient (Wildman–Crippen LogP) is 8.34. The molecule has 0 atom stereocenters. The van der Waals surface area contributed by atoms with E-state index in [0.29, 0.717) is 0 Å². The Hall–Kier alpha value is -2.16. The maximum atomic E-state index is 3.60. The lowest BCUT2D eigenvalue weighted by Gasteiger charge is -2.12. The maximum absolute atomic E-state index is 3.60. The molecular formula is C24H14Br2. The third-order valence-electron chi connectivity index (χ3n) is 4.94. The van der Waals surface area contributed by atoms with Crippen LogP contribution in [-0.4, -0.2) is 0 Å². The number of hydrogen-bond donors (Lipinski definition) is 0. The van der Waals surface area contributed by atoms with Gasteiger partial charge in [0, 0.05) is 8.95 Å². The fourth-order valence-corrected chi connectivity index (χ4v) is 5.10. The fourth-order valence-electron chi connectivity index (χ4n) is 3.81. The first kappa shape index (κ1) is 16.0. The molecule has 0 bridgehead atoms. The topological polar surface area (TPSA) is 0 Å². The van der Waals surface area contributed by atoms with Crippen LogP contribution in [0.25, 0.3) is 43.4 Å². The monoisotopic (exact) mass is 460 g/mol. The van der Waals surface area contributed by atoms with Crippen molar-refractivity contribution in [3.63, 3.8) is 0 Å². The van der Waals surface area contributed by atoms with Crippen LogP contribution in [0.4, 0.5) is 0 Å². The molecule has 5 aromatic carbocycles. The van der Waals surface area contributed by atoms with Gasteiger partial charge in [0.05, 0.1) is 0 Å². The van der Waals surface area contributed by atoms with E-state index in [9.17, 15) is 0 Å². The van der Waals surface area contributed by atoms with Crippen LogP contribution in [0.15, 0.2) is 93.9 Å². The second-order valence-corrected chi connectivity index (χ2v) is 8.34. The van der Waals surface area contributed by atoms with Gasteiger partial charge in [0.2, 0.25) is 0 Å². The number of fused-ring (bicyclic) bond motifs is 6. The van der Waals surface area contributed by atoms with Crippen LogP contribution in [0.5, 0.6) is 0 Å². The summed E-state index contributed by atoms with van der Waals surface area (Å²) in [6, 6.07) is 30.6. The van der Waals surface area contributed by atoms with Crippen LogP contribution in [0.1, 0.15) is 0 Å². The van der Waals surface area contributed by atoms with Crippen molar-refractivity contribution in [1.29, 1.82) is 0 Å². The molecule has 0 aliphatic rings. The molecule has 0 nitrogen and oxygen atoms in total. The number of benzene rings is 5. The van der Waals surface area contributed by atoms with Crippen LogP contribution in [0.3, 0.4) is 0 Å². The zero-order chi connectivity index (χ0) is 17.7. The van der Waals surface area contributed by atoms with E-state index < -0.39 is 0 Å². The Bertz CT molecular complexity index is 1250. The van der Waals surface area contributed by atoms with Gasteiger partial charge >= 0.3 is 0 Å². The molecule has 0 aliphatic carbocycles. The molecule has 2 heteroatoms. The lowest BCUT2D eigenvalue weighted by molar-refractivity contribution is 1.58. The Morgan fingerprint density at radius 3 is 1.38 bits per heavy atom. The minimum Gasteiger partial charge on any atom is -0.0616 e. The van der Waals surface area contributed by atoms with Crippen molar-refractivity contribution in [3.05, 3.63) is 93.9 Å². The molecule has 5 rings (SSSR count). The van der Waals surface area contributed by atoms with Crippen molar-refractivity contribution in [3.8, 4) is 11.1 Å². The molecule has 5 aromatic rings. The summed E-state index contributed by atoms with van der Waals surface area (Å²) in [6.45, 7) is 0. The fraction of sp³-hybridized carbons (Fsp3) is 0. The first-order valence-electron chi connectivity index (χ1n) is 8.50. The van der Waals surface area contributed by atoms with Crippen molar-refractivity contribution in [2.45, 2.75) is 0 Å². The zero-order valence-electron chi connectivity index (χ0n) is 13.8. The molecule has 0 N–H and O–H groups in total. The van der Waals surface area contributed by atoms with E-state index >= 15 is 0 Å². The van der Waals surface area contributed by atoms with Crippen LogP contribution < -0.4 is 0 Å². The van der Waals surface area contributed by atoms with E-state index in [4.69, 9.17) is 0 Å². The molecule has 26 heavy (non-hydrogen) atoms. The standard InChI is InChI=1S/C24H14Br2/c25-17-11-16(12-18(26)14-17)15-9-10-23-21-7-2-1-5-19(21)20-6-3-4-8-22(20)24(23)13-15/h1-14H. The average molecular weight is 462 g/mol. The molecular weight excluding hydrogens is 448 g/mol. The SMILES string of the molecule is Brc1cc(Br)cc(-c2ccc3c4ccccc4c4ccccc4c3c2)c1. The van der Waals surface area contributed by atoms with E-state index in [2.05, 4.69) is 117 Å². The first-order chi connectivity index (χ1) is 12.7. The Balaban J connectivity index is 1.92. The second kappa shape index (κ2) is 6.22. The summed E-state index contributed by atoms with van der Waals surface area (Å²) in [7, 11) is 0. The van der Waals surface area contributed by atoms with Gasteiger partial charge in [-0.25, -0.2) is 0 Å². The minimum atomic E-state index is 1.07. The Morgan fingerprint density at radius 1 is 0.385 bits per heavy atom. The molecule has 0 spiro atoms. The highest BCUT2D eigenvalue weighted by Crippen LogP contribution is 2.37. The highest BCUT2D eigenvalue weighted by Gasteiger charge is 2.09.